The number of hydrogen-bond donors (Lipinski definition) is 4. The van der Waals surface area contributed by atoms with E-state index < -0.39 is 24.1 Å². The number of nitrogens with zero attached hydrogens (tertiary/aromatic N) is 1. The molecule has 0 aromatic heterocycles. The molecule has 0 saturated carbocycles. The predicted molar refractivity (Wildman–Crippen MR) is 38.6 cm³/mol. The molecule has 0 spiro atoms. The summed E-state index contributed by atoms with van der Waals surface area (Å²) < 4.78 is 0. The Kier molecular flexibility index (Phi) is 7.51. The number of carboxylic acid groups (broad SMARTS) is 2. The lowest BCUT2D eigenvalue weighted by atomic mass is 10.2. The molecule has 4 N–H and O–H groups in total. The molecule has 0 heterocycles. The molecule has 0 aromatic carbocycles. The molecule has 0 aliphatic rings. The van der Waals surface area contributed by atoms with Crippen molar-refractivity contribution in [3.63, 3.8) is 0 Å². The fraction of sp³-hybridized carbons (Fsp3) is 0.500. The highest BCUT2D eigenvalue weighted by molar-refractivity contribution is 5.82. The molecule has 74 valence electrons. The summed E-state index contributed by atoms with van der Waals surface area (Å²) in [5.41, 5.74) is 0. The molecule has 0 amide bonds. The van der Waals surface area contributed by atoms with Crippen LogP contribution in [-0.2, 0) is 9.59 Å². The first kappa shape index (κ1) is 13.9. The van der Waals surface area contributed by atoms with Crippen molar-refractivity contribution in [1.29, 1.82) is 5.26 Å². The number of hydrogen-bond acceptors (Lipinski definition) is 5. The molecule has 2 atom stereocenters. The van der Waals surface area contributed by atoms with Crippen molar-refractivity contribution in [2.45, 2.75) is 19.1 Å². The molecule has 13 heavy (non-hydrogen) atoms. The lowest BCUT2D eigenvalue weighted by Gasteiger charge is -2.07. The van der Waals surface area contributed by atoms with Crippen LogP contribution in [0.25, 0.3) is 0 Å². The third-order valence-electron chi connectivity index (χ3n) is 0.805. The van der Waals surface area contributed by atoms with Crippen molar-refractivity contribution in [3.05, 3.63) is 0 Å². The summed E-state index contributed by atoms with van der Waals surface area (Å²) in [5, 5.41) is 39.8. The molecular weight excluding hydrogens is 182 g/mol. The van der Waals surface area contributed by atoms with Crippen LogP contribution < -0.4 is 0 Å². The highest BCUT2D eigenvalue weighted by Gasteiger charge is 2.29. The van der Waals surface area contributed by atoms with Crippen LogP contribution in [0.2, 0.25) is 0 Å². The lowest BCUT2D eigenvalue weighted by molar-refractivity contribution is -0.165. The van der Waals surface area contributed by atoms with Gasteiger partial charge in [0.1, 0.15) is 0 Å². The Labute approximate surface area is 73.5 Å². The average molecular weight is 191 g/mol. The van der Waals surface area contributed by atoms with E-state index >= 15 is 0 Å². The molecule has 0 saturated heterocycles. The lowest BCUT2D eigenvalue weighted by Crippen LogP contribution is -2.39. The minimum atomic E-state index is -2.27. The topological polar surface area (TPSA) is 139 Å². The number of carbonyl (C=O) groups is 2. The van der Waals surface area contributed by atoms with Crippen LogP contribution in [0.3, 0.4) is 0 Å². The molecule has 0 aromatic rings. The predicted octanol–water partition coefficient (Wildman–Crippen LogP) is -1.59. The maximum Gasteiger partial charge on any atom is 0.335 e. The molecule has 7 heteroatoms. The summed E-state index contributed by atoms with van der Waals surface area (Å²) in [6.07, 6.45) is -4.53. The third kappa shape index (κ3) is 6.74. The van der Waals surface area contributed by atoms with Gasteiger partial charge in [-0.3, -0.25) is 0 Å². The Hall–Kier alpha value is -1.65. The summed E-state index contributed by atoms with van der Waals surface area (Å²) >= 11 is 0. The number of nitriles is 1. The monoisotopic (exact) mass is 191 g/mol. The quantitative estimate of drug-likeness (QED) is 0.421. The molecule has 0 rings (SSSR count). The summed E-state index contributed by atoms with van der Waals surface area (Å²) in [6, 6.07) is 1.75. The van der Waals surface area contributed by atoms with E-state index in [2.05, 4.69) is 0 Å². The van der Waals surface area contributed by atoms with Crippen molar-refractivity contribution in [2.75, 3.05) is 0 Å². The SMILES string of the molecule is CC#N.O=C(O)[C@H](O)[C@@H](O)C(=O)O. The van der Waals surface area contributed by atoms with Gasteiger partial charge in [0, 0.05) is 6.92 Å². The van der Waals surface area contributed by atoms with Gasteiger partial charge in [0.15, 0.2) is 12.2 Å². The van der Waals surface area contributed by atoms with Gasteiger partial charge in [-0.05, 0) is 0 Å². The number of carboxylic acids is 2. The van der Waals surface area contributed by atoms with E-state index in [4.69, 9.17) is 25.7 Å². The van der Waals surface area contributed by atoms with Crippen molar-refractivity contribution >= 4 is 11.9 Å². The van der Waals surface area contributed by atoms with Crippen molar-refractivity contribution in [1.82, 2.24) is 0 Å². The van der Waals surface area contributed by atoms with E-state index in [0.717, 1.165) is 0 Å². The van der Waals surface area contributed by atoms with Crippen LogP contribution in [0.4, 0.5) is 0 Å². The van der Waals surface area contributed by atoms with Gasteiger partial charge in [-0.1, -0.05) is 0 Å². The van der Waals surface area contributed by atoms with Crippen LogP contribution in [0, 0.1) is 11.3 Å². The fourth-order valence-electron chi connectivity index (χ4n) is 0.270. The largest absolute Gasteiger partial charge is 0.479 e. The minimum absolute atomic E-state index is 1.43. The molecule has 0 fully saturated rings. The highest BCUT2D eigenvalue weighted by Crippen LogP contribution is 1.92. The van der Waals surface area contributed by atoms with Crippen LogP contribution in [0.1, 0.15) is 6.92 Å². The van der Waals surface area contributed by atoms with Crippen molar-refractivity contribution in [2.24, 2.45) is 0 Å². The van der Waals surface area contributed by atoms with Gasteiger partial charge in [-0.25, -0.2) is 9.59 Å². The minimum Gasteiger partial charge on any atom is -0.479 e. The summed E-state index contributed by atoms with van der Waals surface area (Å²) in [6.45, 7) is 1.43. The van der Waals surface area contributed by atoms with Gasteiger partial charge < -0.3 is 20.4 Å². The van der Waals surface area contributed by atoms with Gasteiger partial charge in [-0.15, -0.1) is 0 Å². The van der Waals surface area contributed by atoms with Crippen molar-refractivity contribution in [3.8, 4) is 6.07 Å². The standard InChI is InChI=1S/C4H6O6.C2H3N/c5-1(3(7)8)2(6)4(9)10;1-2-3/h1-2,5-6H,(H,7,8)(H,9,10);1H3/t1-,2-;/m1./s1. The van der Waals surface area contributed by atoms with Gasteiger partial charge in [0.05, 0.1) is 6.07 Å². The van der Waals surface area contributed by atoms with E-state index in [0.29, 0.717) is 0 Å². The fourth-order valence-corrected chi connectivity index (χ4v) is 0.270. The van der Waals surface area contributed by atoms with Crippen LogP contribution in [0.5, 0.6) is 0 Å². The van der Waals surface area contributed by atoms with E-state index in [9.17, 15) is 9.59 Å². The first-order valence-corrected chi connectivity index (χ1v) is 3.01. The second kappa shape index (κ2) is 7.02. The van der Waals surface area contributed by atoms with Crippen molar-refractivity contribution < 1.29 is 30.0 Å². The highest BCUT2D eigenvalue weighted by atomic mass is 16.4. The zero-order valence-electron chi connectivity index (χ0n) is 6.71. The second-order valence-corrected chi connectivity index (χ2v) is 1.79. The van der Waals surface area contributed by atoms with Crippen LogP contribution in [-0.4, -0.2) is 44.6 Å². The van der Waals surface area contributed by atoms with E-state index in [1.165, 1.54) is 6.92 Å². The smallest absolute Gasteiger partial charge is 0.335 e. The summed E-state index contributed by atoms with van der Waals surface area (Å²) in [7, 11) is 0. The summed E-state index contributed by atoms with van der Waals surface area (Å²) in [5.74, 6) is -3.54. The Bertz CT molecular complexity index is 202. The molecular formula is C6H9NO6. The Balaban J connectivity index is 0. The van der Waals surface area contributed by atoms with Gasteiger partial charge >= 0.3 is 11.9 Å². The number of aliphatic hydroxyl groups excluding tert-OH is 2. The third-order valence-corrected chi connectivity index (χ3v) is 0.805. The van der Waals surface area contributed by atoms with E-state index in [-0.39, 0.29) is 0 Å². The molecule has 0 aliphatic heterocycles. The summed E-state index contributed by atoms with van der Waals surface area (Å²) in [4.78, 5) is 19.5. The van der Waals surface area contributed by atoms with Gasteiger partial charge in [-0.2, -0.15) is 5.26 Å². The van der Waals surface area contributed by atoms with Crippen LogP contribution in [0.15, 0.2) is 0 Å². The molecule has 0 radical (unpaired) electrons. The molecule has 0 aliphatic carbocycles. The number of aliphatic carboxylic acids is 2. The Morgan fingerprint density at radius 3 is 1.38 bits per heavy atom. The molecule has 0 unspecified atom stereocenters. The zero-order valence-corrected chi connectivity index (χ0v) is 6.71. The average Bonchev–Trinajstić information content (AvgIpc) is 2.03. The second-order valence-electron chi connectivity index (χ2n) is 1.79. The first-order chi connectivity index (χ1) is 5.88. The normalized spacial score (nSPS) is 12.8. The maximum absolute atomic E-state index is 9.77. The Morgan fingerprint density at radius 2 is 1.31 bits per heavy atom. The van der Waals surface area contributed by atoms with Gasteiger partial charge in [0.25, 0.3) is 0 Å². The Morgan fingerprint density at radius 1 is 1.15 bits per heavy atom. The van der Waals surface area contributed by atoms with Gasteiger partial charge in [0.2, 0.25) is 0 Å². The number of aliphatic hydroxyl groups is 2. The number of rotatable bonds is 3. The molecule has 7 nitrogen and oxygen atoms in total. The van der Waals surface area contributed by atoms with E-state index in [1.54, 1.807) is 6.07 Å². The van der Waals surface area contributed by atoms with Crippen LogP contribution >= 0.6 is 0 Å². The maximum atomic E-state index is 9.77. The zero-order chi connectivity index (χ0) is 11.0. The molecule has 0 bridgehead atoms. The van der Waals surface area contributed by atoms with E-state index in [1.807, 2.05) is 0 Å². The first-order valence-electron chi connectivity index (χ1n) is 3.01.